The Kier molecular flexibility index (Phi) is 5.84. The molecule has 166 valence electrons. The molecule has 4 aromatic rings. The third-order valence-electron chi connectivity index (χ3n) is 5.03. The number of nitrogens with zero attached hydrogens (tertiary/aromatic N) is 4. The number of aryl methyl sites for hydroxylation is 1. The second kappa shape index (κ2) is 8.58. The summed E-state index contributed by atoms with van der Waals surface area (Å²) in [5.74, 6) is -0.622. The standard InChI is InChI=1S/C22H21ClFN5O3/c1-13(2)25-19(30)9-10-27-20(31)16-11-15(23)7-8-18(16)29-21(27)26-28(22(29)32)12-14-5-3-4-6-17(14)24/h3-8,11,13H,9-10,12H2,1-2H3,(H,25,30). The van der Waals surface area contributed by atoms with Crippen molar-refractivity contribution in [2.75, 3.05) is 0 Å². The Bertz CT molecular complexity index is 1450. The van der Waals surface area contributed by atoms with Gasteiger partial charge >= 0.3 is 5.69 Å². The Hall–Kier alpha value is -3.46. The molecule has 32 heavy (non-hydrogen) atoms. The van der Waals surface area contributed by atoms with Gasteiger partial charge in [-0.2, -0.15) is 0 Å². The zero-order chi connectivity index (χ0) is 23.0. The lowest BCUT2D eigenvalue weighted by molar-refractivity contribution is -0.121. The van der Waals surface area contributed by atoms with Crippen molar-refractivity contribution in [2.24, 2.45) is 0 Å². The number of rotatable bonds is 6. The van der Waals surface area contributed by atoms with Crippen molar-refractivity contribution in [3.05, 3.63) is 79.7 Å². The highest BCUT2D eigenvalue weighted by Gasteiger charge is 2.19. The van der Waals surface area contributed by atoms with E-state index < -0.39 is 17.1 Å². The van der Waals surface area contributed by atoms with Gasteiger partial charge in [0.05, 0.1) is 17.4 Å². The smallest absolute Gasteiger partial charge is 0.352 e. The Balaban J connectivity index is 1.90. The van der Waals surface area contributed by atoms with Gasteiger partial charge in [-0.25, -0.2) is 18.3 Å². The van der Waals surface area contributed by atoms with Crippen molar-refractivity contribution in [1.82, 2.24) is 24.1 Å². The fraction of sp³-hybridized carbons (Fsp3) is 0.273. The van der Waals surface area contributed by atoms with Crippen LogP contribution in [-0.4, -0.2) is 30.7 Å². The van der Waals surface area contributed by atoms with Crippen molar-refractivity contribution in [1.29, 1.82) is 0 Å². The molecule has 0 unspecified atom stereocenters. The van der Waals surface area contributed by atoms with Gasteiger partial charge in [0, 0.05) is 29.6 Å². The SMILES string of the molecule is CC(C)NC(=O)CCn1c(=O)c2cc(Cl)ccc2n2c(=O)n(Cc3ccccc3F)nc12. The number of aromatic nitrogens is 4. The van der Waals surface area contributed by atoms with Gasteiger partial charge in [0.2, 0.25) is 11.7 Å². The van der Waals surface area contributed by atoms with E-state index in [1.54, 1.807) is 30.3 Å². The number of carbonyl (C=O) groups excluding carboxylic acids is 1. The molecule has 0 aliphatic carbocycles. The number of benzene rings is 2. The number of carbonyl (C=O) groups is 1. The Morgan fingerprint density at radius 1 is 1.19 bits per heavy atom. The predicted molar refractivity (Wildman–Crippen MR) is 120 cm³/mol. The fourth-order valence-corrected chi connectivity index (χ4v) is 3.76. The third kappa shape index (κ3) is 4.03. The largest absolute Gasteiger partial charge is 0.354 e. The molecule has 2 aromatic heterocycles. The van der Waals surface area contributed by atoms with E-state index in [0.29, 0.717) is 10.5 Å². The number of hydrogen-bond donors (Lipinski definition) is 1. The van der Waals surface area contributed by atoms with E-state index in [1.165, 1.54) is 21.1 Å². The maximum atomic E-state index is 14.2. The lowest BCUT2D eigenvalue weighted by Crippen LogP contribution is -2.32. The molecule has 0 atom stereocenters. The first-order valence-electron chi connectivity index (χ1n) is 10.1. The van der Waals surface area contributed by atoms with Gasteiger partial charge in [0.1, 0.15) is 5.82 Å². The van der Waals surface area contributed by atoms with Crippen LogP contribution in [-0.2, 0) is 17.9 Å². The lowest BCUT2D eigenvalue weighted by atomic mass is 10.2. The number of hydrogen-bond acceptors (Lipinski definition) is 4. The van der Waals surface area contributed by atoms with Crippen LogP contribution in [0.2, 0.25) is 5.02 Å². The van der Waals surface area contributed by atoms with Crippen molar-refractivity contribution in [3.63, 3.8) is 0 Å². The van der Waals surface area contributed by atoms with Crippen LogP contribution in [0.15, 0.2) is 52.1 Å². The highest BCUT2D eigenvalue weighted by molar-refractivity contribution is 6.31. The van der Waals surface area contributed by atoms with E-state index in [0.717, 1.165) is 4.68 Å². The molecule has 2 heterocycles. The molecular weight excluding hydrogens is 437 g/mol. The topological polar surface area (TPSA) is 90.4 Å². The summed E-state index contributed by atoms with van der Waals surface area (Å²) in [5.41, 5.74) is -0.330. The van der Waals surface area contributed by atoms with Gasteiger partial charge in [-0.3, -0.25) is 14.2 Å². The van der Waals surface area contributed by atoms with Crippen LogP contribution in [0.4, 0.5) is 4.39 Å². The van der Waals surface area contributed by atoms with Crippen molar-refractivity contribution in [3.8, 4) is 0 Å². The molecule has 1 N–H and O–H groups in total. The zero-order valence-electron chi connectivity index (χ0n) is 17.5. The third-order valence-corrected chi connectivity index (χ3v) is 5.26. The second-order valence-electron chi connectivity index (χ2n) is 7.76. The molecule has 0 fully saturated rings. The minimum absolute atomic E-state index is 0.0134. The van der Waals surface area contributed by atoms with Crippen molar-refractivity contribution < 1.29 is 9.18 Å². The van der Waals surface area contributed by atoms with Crippen molar-refractivity contribution >= 4 is 34.2 Å². The van der Waals surface area contributed by atoms with Gasteiger partial charge in [-0.05, 0) is 38.1 Å². The molecule has 0 bridgehead atoms. The molecule has 4 rings (SSSR count). The van der Waals surface area contributed by atoms with Crippen LogP contribution in [0.1, 0.15) is 25.8 Å². The van der Waals surface area contributed by atoms with Crippen LogP contribution in [0.25, 0.3) is 16.7 Å². The van der Waals surface area contributed by atoms with Gasteiger partial charge < -0.3 is 5.32 Å². The summed E-state index contributed by atoms with van der Waals surface area (Å²) in [7, 11) is 0. The number of halogens is 2. The summed E-state index contributed by atoms with van der Waals surface area (Å²) in [4.78, 5) is 38.6. The van der Waals surface area contributed by atoms with E-state index in [2.05, 4.69) is 10.4 Å². The maximum Gasteiger partial charge on any atom is 0.352 e. The van der Waals surface area contributed by atoms with E-state index in [4.69, 9.17) is 11.6 Å². The van der Waals surface area contributed by atoms with Crippen LogP contribution >= 0.6 is 11.6 Å². The first-order valence-corrected chi connectivity index (χ1v) is 10.5. The van der Waals surface area contributed by atoms with E-state index in [1.807, 2.05) is 13.8 Å². The fourth-order valence-electron chi connectivity index (χ4n) is 3.59. The lowest BCUT2D eigenvalue weighted by Gasteiger charge is -2.11. The minimum atomic E-state index is -0.532. The van der Waals surface area contributed by atoms with E-state index in [9.17, 15) is 18.8 Å². The molecule has 8 nitrogen and oxygen atoms in total. The molecule has 0 saturated carbocycles. The number of nitrogens with one attached hydrogen (secondary N) is 1. The summed E-state index contributed by atoms with van der Waals surface area (Å²) < 4.78 is 17.8. The highest BCUT2D eigenvalue weighted by Crippen LogP contribution is 2.17. The Labute approximate surface area is 186 Å². The Morgan fingerprint density at radius 3 is 2.66 bits per heavy atom. The van der Waals surface area contributed by atoms with Crippen LogP contribution in [0.3, 0.4) is 0 Å². The normalized spacial score (nSPS) is 11.5. The maximum absolute atomic E-state index is 14.2. The molecule has 10 heteroatoms. The molecule has 0 aliphatic rings. The number of amides is 1. The average Bonchev–Trinajstić information content (AvgIpc) is 3.05. The van der Waals surface area contributed by atoms with Crippen LogP contribution in [0, 0.1) is 5.82 Å². The zero-order valence-corrected chi connectivity index (χ0v) is 18.3. The first-order chi connectivity index (χ1) is 15.3. The quantitative estimate of drug-likeness (QED) is 0.482. The minimum Gasteiger partial charge on any atom is -0.354 e. The molecule has 0 radical (unpaired) electrons. The molecule has 0 spiro atoms. The van der Waals surface area contributed by atoms with Gasteiger partial charge in [-0.1, -0.05) is 29.8 Å². The summed E-state index contributed by atoms with van der Waals surface area (Å²) in [6, 6.07) is 10.7. The van der Waals surface area contributed by atoms with Crippen LogP contribution < -0.4 is 16.6 Å². The summed E-state index contributed by atoms with van der Waals surface area (Å²) in [5, 5.41) is 7.65. The molecule has 2 aromatic carbocycles. The summed E-state index contributed by atoms with van der Waals surface area (Å²) >= 11 is 6.09. The van der Waals surface area contributed by atoms with Gasteiger partial charge in [-0.15, -0.1) is 5.10 Å². The highest BCUT2D eigenvalue weighted by atomic mass is 35.5. The number of fused-ring (bicyclic) bond motifs is 3. The summed E-state index contributed by atoms with van der Waals surface area (Å²) in [6.45, 7) is 3.58. The van der Waals surface area contributed by atoms with Gasteiger partial charge in [0.15, 0.2) is 0 Å². The molecule has 1 amide bonds. The monoisotopic (exact) mass is 457 g/mol. The van der Waals surface area contributed by atoms with Crippen molar-refractivity contribution in [2.45, 2.75) is 39.4 Å². The van der Waals surface area contributed by atoms with E-state index in [-0.39, 0.29) is 48.2 Å². The molecular formula is C22H21ClFN5O3. The predicted octanol–water partition coefficient (Wildman–Crippen LogP) is 2.57. The Morgan fingerprint density at radius 2 is 1.94 bits per heavy atom. The second-order valence-corrected chi connectivity index (χ2v) is 8.19. The van der Waals surface area contributed by atoms with Crippen LogP contribution in [0.5, 0.6) is 0 Å². The average molecular weight is 458 g/mol. The molecule has 0 saturated heterocycles. The summed E-state index contributed by atoms with van der Waals surface area (Å²) in [6.07, 6.45) is 0.0220. The van der Waals surface area contributed by atoms with E-state index >= 15 is 0 Å². The molecule has 0 aliphatic heterocycles. The first kappa shape index (κ1) is 21.8. The van der Waals surface area contributed by atoms with Gasteiger partial charge in [0.25, 0.3) is 5.56 Å².